The summed E-state index contributed by atoms with van der Waals surface area (Å²) >= 11 is 2.97. The lowest BCUT2D eigenvalue weighted by Gasteiger charge is -2.07. The van der Waals surface area contributed by atoms with Crippen molar-refractivity contribution >= 4 is 40.2 Å². The van der Waals surface area contributed by atoms with Crippen molar-refractivity contribution in [1.29, 1.82) is 0 Å². The summed E-state index contributed by atoms with van der Waals surface area (Å²) in [7, 11) is 0. The van der Waals surface area contributed by atoms with E-state index in [4.69, 9.17) is 0 Å². The van der Waals surface area contributed by atoms with Gasteiger partial charge >= 0.3 is 0 Å². The van der Waals surface area contributed by atoms with E-state index >= 15 is 0 Å². The summed E-state index contributed by atoms with van der Waals surface area (Å²) in [6, 6.07) is 9.08. The highest BCUT2D eigenvalue weighted by molar-refractivity contribution is 7.14. The average Bonchev–Trinajstić information content (AvgIpc) is 3.48. The molecule has 2 amide bonds. The molecule has 3 heterocycles. The normalized spacial score (nSPS) is 10.6. The molecule has 0 atom stereocenters. The molecular formula is C18H14N6O2S2. The minimum Gasteiger partial charge on any atom is -0.342 e. The summed E-state index contributed by atoms with van der Waals surface area (Å²) in [5.41, 5.74) is 2.74. The molecule has 1 aromatic carbocycles. The van der Waals surface area contributed by atoms with Crippen LogP contribution in [-0.4, -0.2) is 38.1 Å². The standard InChI is InChI=1S/C18H14N6O2S2/c25-16(22-13-1-3-14(4-2-13)24-11-19-10-21-24)7-20-17(26)15-9-28-18(23-15)12-5-6-27-8-12/h1-6,8-11H,7H2,(H,20,26)(H,22,25). The van der Waals surface area contributed by atoms with Gasteiger partial charge in [-0.05, 0) is 35.7 Å². The zero-order valence-corrected chi connectivity index (χ0v) is 16.0. The van der Waals surface area contributed by atoms with E-state index in [0.29, 0.717) is 11.4 Å². The van der Waals surface area contributed by atoms with E-state index in [9.17, 15) is 9.59 Å². The number of carbonyl (C=O) groups excluding carboxylic acids is 2. The van der Waals surface area contributed by atoms with Crippen LogP contribution in [0, 0.1) is 0 Å². The quantitative estimate of drug-likeness (QED) is 0.509. The number of anilines is 1. The Balaban J connectivity index is 1.30. The molecule has 2 N–H and O–H groups in total. The van der Waals surface area contributed by atoms with Crippen LogP contribution in [0.4, 0.5) is 5.69 Å². The first-order chi connectivity index (χ1) is 13.7. The van der Waals surface area contributed by atoms with Crippen LogP contribution in [0.1, 0.15) is 10.5 Å². The van der Waals surface area contributed by atoms with Gasteiger partial charge in [-0.2, -0.15) is 16.4 Å². The Bertz CT molecular complexity index is 1070. The molecule has 3 aromatic heterocycles. The third-order valence-corrected chi connectivity index (χ3v) is 5.32. The Morgan fingerprint density at radius 3 is 2.68 bits per heavy atom. The molecule has 8 nitrogen and oxygen atoms in total. The smallest absolute Gasteiger partial charge is 0.271 e. The Hall–Kier alpha value is -3.37. The number of nitrogens with one attached hydrogen (secondary N) is 2. The molecule has 0 spiro atoms. The number of thiophene rings is 1. The summed E-state index contributed by atoms with van der Waals surface area (Å²) in [4.78, 5) is 32.5. The number of aromatic nitrogens is 4. The fourth-order valence-corrected chi connectivity index (χ4v) is 3.90. The molecule has 0 fully saturated rings. The number of hydrogen-bond acceptors (Lipinski definition) is 7. The molecule has 0 aliphatic rings. The Morgan fingerprint density at radius 2 is 1.96 bits per heavy atom. The van der Waals surface area contributed by atoms with E-state index in [2.05, 4.69) is 25.7 Å². The van der Waals surface area contributed by atoms with Crippen molar-refractivity contribution in [3.63, 3.8) is 0 Å². The van der Waals surface area contributed by atoms with Crippen LogP contribution in [0.15, 0.2) is 59.1 Å². The van der Waals surface area contributed by atoms with E-state index in [0.717, 1.165) is 16.3 Å². The van der Waals surface area contributed by atoms with Crippen LogP contribution in [0.25, 0.3) is 16.3 Å². The van der Waals surface area contributed by atoms with Gasteiger partial charge in [0.2, 0.25) is 5.91 Å². The van der Waals surface area contributed by atoms with Crippen LogP contribution in [-0.2, 0) is 4.79 Å². The van der Waals surface area contributed by atoms with Gasteiger partial charge in [-0.3, -0.25) is 9.59 Å². The first-order valence-corrected chi connectivity index (χ1v) is 10.0. The topological polar surface area (TPSA) is 102 Å². The number of amides is 2. The Kier molecular flexibility index (Phi) is 5.22. The van der Waals surface area contributed by atoms with E-state index < -0.39 is 0 Å². The molecule has 0 saturated heterocycles. The van der Waals surface area contributed by atoms with Crippen molar-refractivity contribution in [1.82, 2.24) is 25.1 Å². The van der Waals surface area contributed by atoms with Crippen molar-refractivity contribution < 1.29 is 9.59 Å². The molecule has 28 heavy (non-hydrogen) atoms. The maximum atomic E-state index is 12.2. The second-order valence-corrected chi connectivity index (χ2v) is 7.31. The SMILES string of the molecule is O=C(CNC(=O)c1csc(-c2ccsc2)n1)Nc1ccc(-n2cncn2)cc1. The van der Waals surface area contributed by atoms with Gasteiger partial charge in [0, 0.05) is 22.0 Å². The highest BCUT2D eigenvalue weighted by Crippen LogP contribution is 2.25. The maximum Gasteiger partial charge on any atom is 0.271 e. The minimum absolute atomic E-state index is 0.144. The molecule has 140 valence electrons. The van der Waals surface area contributed by atoms with Gasteiger partial charge in [0.25, 0.3) is 5.91 Å². The van der Waals surface area contributed by atoms with Crippen LogP contribution >= 0.6 is 22.7 Å². The lowest BCUT2D eigenvalue weighted by molar-refractivity contribution is -0.115. The van der Waals surface area contributed by atoms with Crippen LogP contribution < -0.4 is 10.6 Å². The third kappa shape index (κ3) is 4.13. The number of rotatable bonds is 6. The number of hydrogen-bond donors (Lipinski definition) is 2. The number of carbonyl (C=O) groups is 2. The van der Waals surface area contributed by atoms with Crippen LogP contribution in [0.5, 0.6) is 0 Å². The third-order valence-electron chi connectivity index (χ3n) is 3.75. The Labute approximate surface area is 167 Å². The maximum absolute atomic E-state index is 12.2. The van der Waals surface area contributed by atoms with Gasteiger partial charge in [-0.25, -0.2) is 14.6 Å². The minimum atomic E-state index is -0.380. The van der Waals surface area contributed by atoms with Crippen molar-refractivity contribution in [3.8, 4) is 16.3 Å². The molecule has 4 aromatic rings. The second-order valence-electron chi connectivity index (χ2n) is 5.67. The number of nitrogens with zero attached hydrogens (tertiary/aromatic N) is 4. The van der Waals surface area contributed by atoms with Gasteiger partial charge in [0.15, 0.2) is 0 Å². The molecule has 0 radical (unpaired) electrons. The van der Waals surface area contributed by atoms with E-state index in [1.165, 1.54) is 17.7 Å². The lowest BCUT2D eigenvalue weighted by Crippen LogP contribution is -2.33. The fraction of sp³-hybridized carbons (Fsp3) is 0.0556. The highest BCUT2D eigenvalue weighted by Gasteiger charge is 2.13. The molecule has 0 unspecified atom stereocenters. The predicted molar refractivity (Wildman–Crippen MR) is 108 cm³/mol. The van der Waals surface area contributed by atoms with Crippen molar-refractivity contribution in [2.75, 3.05) is 11.9 Å². The van der Waals surface area contributed by atoms with Crippen molar-refractivity contribution in [2.45, 2.75) is 0 Å². The number of benzene rings is 1. The highest BCUT2D eigenvalue weighted by atomic mass is 32.1. The summed E-state index contributed by atoms with van der Waals surface area (Å²) in [5.74, 6) is -0.704. The first kappa shape index (κ1) is 18.0. The van der Waals surface area contributed by atoms with Crippen LogP contribution in [0.3, 0.4) is 0 Å². The van der Waals surface area contributed by atoms with Gasteiger partial charge < -0.3 is 10.6 Å². The van der Waals surface area contributed by atoms with E-state index in [-0.39, 0.29) is 18.4 Å². The van der Waals surface area contributed by atoms with Crippen LogP contribution in [0.2, 0.25) is 0 Å². The summed E-state index contributed by atoms with van der Waals surface area (Å²) in [6.07, 6.45) is 3.04. The largest absolute Gasteiger partial charge is 0.342 e. The molecular weight excluding hydrogens is 396 g/mol. The fourth-order valence-electron chi connectivity index (χ4n) is 2.39. The van der Waals surface area contributed by atoms with Gasteiger partial charge in [-0.1, -0.05) is 0 Å². The van der Waals surface area contributed by atoms with Crippen molar-refractivity contribution in [3.05, 3.63) is 64.8 Å². The predicted octanol–water partition coefficient (Wildman–Crippen LogP) is 2.82. The first-order valence-electron chi connectivity index (χ1n) is 8.20. The number of thiazole rings is 1. The molecule has 10 heteroatoms. The lowest BCUT2D eigenvalue weighted by atomic mass is 10.3. The summed E-state index contributed by atoms with van der Waals surface area (Å²) in [5, 5.41) is 15.8. The molecule has 0 saturated carbocycles. The Morgan fingerprint density at radius 1 is 1.11 bits per heavy atom. The van der Waals surface area contributed by atoms with Gasteiger partial charge in [0.1, 0.15) is 23.4 Å². The molecule has 0 aliphatic heterocycles. The van der Waals surface area contributed by atoms with Gasteiger partial charge in [-0.15, -0.1) is 11.3 Å². The monoisotopic (exact) mass is 410 g/mol. The molecule has 0 bridgehead atoms. The summed E-state index contributed by atoms with van der Waals surface area (Å²) < 4.78 is 1.62. The summed E-state index contributed by atoms with van der Waals surface area (Å²) in [6.45, 7) is -0.144. The average molecular weight is 410 g/mol. The second kappa shape index (κ2) is 8.11. The molecule has 0 aliphatic carbocycles. The van der Waals surface area contributed by atoms with Crippen molar-refractivity contribution in [2.24, 2.45) is 0 Å². The van der Waals surface area contributed by atoms with E-state index in [1.54, 1.807) is 39.9 Å². The van der Waals surface area contributed by atoms with E-state index in [1.807, 2.05) is 29.0 Å². The molecule has 4 rings (SSSR count). The van der Waals surface area contributed by atoms with Gasteiger partial charge in [0.05, 0.1) is 12.2 Å². The zero-order valence-electron chi connectivity index (χ0n) is 14.4. The zero-order chi connectivity index (χ0) is 19.3.